The number of aromatic nitrogens is 4. The molecular weight excluding hydrogens is 343 g/mol. The number of benzene rings is 1. The molecule has 0 radical (unpaired) electrons. The van der Waals surface area contributed by atoms with Gasteiger partial charge in [0.25, 0.3) is 0 Å². The Morgan fingerprint density at radius 3 is 2.69 bits per heavy atom. The van der Waals surface area contributed by atoms with Gasteiger partial charge in [0, 0.05) is 23.2 Å². The van der Waals surface area contributed by atoms with Gasteiger partial charge in [-0.3, -0.25) is 4.68 Å². The van der Waals surface area contributed by atoms with Crippen molar-refractivity contribution < 1.29 is 13.2 Å². The Labute approximate surface area is 146 Å². The fourth-order valence-electron chi connectivity index (χ4n) is 2.60. The van der Waals surface area contributed by atoms with Gasteiger partial charge in [-0.1, -0.05) is 6.07 Å². The fraction of sp³-hybridized carbons (Fsp3) is 0.0556. The van der Waals surface area contributed by atoms with Crippen LogP contribution in [0.5, 0.6) is 0 Å². The molecule has 0 unspecified atom stereocenters. The van der Waals surface area contributed by atoms with Crippen LogP contribution in [0.4, 0.5) is 24.8 Å². The molecule has 0 fully saturated rings. The number of nitrogens with zero attached hydrogens (tertiary/aromatic N) is 4. The molecule has 1 N–H and O–H groups in total. The van der Waals surface area contributed by atoms with E-state index < -0.39 is 17.6 Å². The minimum atomic E-state index is -0.609. The highest BCUT2D eigenvalue weighted by atomic mass is 19.1. The van der Waals surface area contributed by atoms with Crippen LogP contribution in [0.25, 0.3) is 10.9 Å². The molecule has 5 nitrogen and oxygen atoms in total. The second-order valence-electron chi connectivity index (χ2n) is 5.64. The summed E-state index contributed by atoms with van der Waals surface area (Å²) in [5, 5.41) is 7.84. The van der Waals surface area contributed by atoms with Gasteiger partial charge in [-0.2, -0.15) is 9.49 Å². The van der Waals surface area contributed by atoms with Crippen LogP contribution in [0.2, 0.25) is 0 Å². The molecule has 0 atom stereocenters. The van der Waals surface area contributed by atoms with Crippen molar-refractivity contribution in [2.24, 2.45) is 0 Å². The number of hydrogen-bond acceptors (Lipinski definition) is 4. The average molecular weight is 355 g/mol. The molecule has 0 saturated heterocycles. The lowest BCUT2D eigenvalue weighted by Crippen LogP contribution is -2.04. The van der Waals surface area contributed by atoms with Crippen LogP contribution in [0, 0.1) is 17.6 Å². The van der Waals surface area contributed by atoms with Crippen molar-refractivity contribution in [3.8, 4) is 0 Å². The van der Waals surface area contributed by atoms with Crippen molar-refractivity contribution in [2.75, 3.05) is 5.32 Å². The number of fused-ring (bicyclic) bond motifs is 1. The van der Waals surface area contributed by atoms with E-state index in [0.717, 1.165) is 23.6 Å². The zero-order valence-corrected chi connectivity index (χ0v) is 13.3. The number of anilines is 2. The molecule has 130 valence electrons. The van der Waals surface area contributed by atoms with E-state index in [1.54, 1.807) is 29.2 Å². The highest BCUT2D eigenvalue weighted by molar-refractivity contribution is 5.80. The van der Waals surface area contributed by atoms with Crippen molar-refractivity contribution in [3.63, 3.8) is 0 Å². The van der Waals surface area contributed by atoms with E-state index in [-0.39, 0.29) is 12.1 Å². The minimum Gasteiger partial charge on any atom is -0.325 e. The summed E-state index contributed by atoms with van der Waals surface area (Å²) in [7, 11) is 0. The number of hydrogen-bond donors (Lipinski definition) is 1. The van der Waals surface area contributed by atoms with Gasteiger partial charge >= 0.3 is 0 Å². The molecule has 0 amide bonds. The Kier molecular flexibility index (Phi) is 4.00. The van der Waals surface area contributed by atoms with E-state index >= 15 is 0 Å². The molecule has 0 saturated carbocycles. The molecule has 0 spiro atoms. The van der Waals surface area contributed by atoms with Crippen LogP contribution in [0.1, 0.15) is 5.56 Å². The van der Waals surface area contributed by atoms with E-state index in [9.17, 15) is 13.2 Å². The maximum Gasteiger partial charge on any atom is 0.214 e. The van der Waals surface area contributed by atoms with Crippen LogP contribution in [0.3, 0.4) is 0 Å². The third-order valence-corrected chi connectivity index (χ3v) is 3.83. The SMILES string of the molecule is Fc1ccc(F)c(Cn2ncc3cnc(Nc4cccc(F)n4)cc32)c1. The molecule has 1 aromatic carbocycles. The molecule has 3 aromatic heterocycles. The first kappa shape index (κ1) is 16.1. The summed E-state index contributed by atoms with van der Waals surface area (Å²) in [6, 6.07) is 9.35. The lowest BCUT2D eigenvalue weighted by Gasteiger charge is -2.08. The fourth-order valence-corrected chi connectivity index (χ4v) is 2.60. The van der Waals surface area contributed by atoms with E-state index in [0.29, 0.717) is 17.2 Å². The number of nitrogens with one attached hydrogen (secondary N) is 1. The summed E-state index contributed by atoms with van der Waals surface area (Å²) in [6.07, 6.45) is 3.17. The van der Waals surface area contributed by atoms with Crippen LogP contribution in [-0.4, -0.2) is 19.7 Å². The number of halogens is 3. The maximum absolute atomic E-state index is 13.9. The van der Waals surface area contributed by atoms with Gasteiger partial charge in [-0.15, -0.1) is 0 Å². The topological polar surface area (TPSA) is 55.6 Å². The Hall–Kier alpha value is -3.42. The zero-order valence-electron chi connectivity index (χ0n) is 13.3. The summed E-state index contributed by atoms with van der Waals surface area (Å²) in [6.45, 7) is 0.0642. The summed E-state index contributed by atoms with van der Waals surface area (Å²) < 4.78 is 42.0. The predicted molar refractivity (Wildman–Crippen MR) is 90.5 cm³/mol. The van der Waals surface area contributed by atoms with Crippen LogP contribution in [-0.2, 0) is 6.54 Å². The largest absolute Gasteiger partial charge is 0.325 e. The van der Waals surface area contributed by atoms with E-state index in [2.05, 4.69) is 20.4 Å². The Morgan fingerprint density at radius 1 is 0.962 bits per heavy atom. The molecule has 3 heterocycles. The third-order valence-electron chi connectivity index (χ3n) is 3.83. The van der Waals surface area contributed by atoms with Gasteiger partial charge in [0.1, 0.15) is 23.3 Å². The quantitative estimate of drug-likeness (QED) is 0.562. The molecule has 0 aliphatic heterocycles. The normalized spacial score (nSPS) is 11.0. The molecule has 0 aliphatic carbocycles. The number of pyridine rings is 2. The van der Waals surface area contributed by atoms with Crippen molar-refractivity contribution >= 4 is 22.5 Å². The third kappa shape index (κ3) is 3.21. The predicted octanol–water partition coefficient (Wildman–Crippen LogP) is 4.04. The van der Waals surface area contributed by atoms with Crippen LogP contribution in [0.15, 0.2) is 54.9 Å². The van der Waals surface area contributed by atoms with Crippen LogP contribution < -0.4 is 5.32 Å². The first-order valence-electron chi connectivity index (χ1n) is 7.73. The standard InChI is InChI=1S/C18H12F3N5/c19-13-4-5-14(20)11(6-13)10-26-15-7-18(22-8-12(15)9-23-26)25-17-3-1-2-16(21)24-17/h1-9H,10H2,(H,22,24,25). The molecule has 4 rings (SSSR count). The monoisotopic (exact) mass is 355 g/mol. The first-order chi connectivity index (χ1) is 12.6. The smallest absolute Gasteiger partial charge is 0.214 e. The maximum atomic E-state index is 13.9. The van der Waals surface area contributed by atoms with E-state index in [1.807, 2.05) is 0 Å². The van der Waals surface area contributed by atoms with Gasteiger partial charge in [-0.05, 0) is 30.3 Å². The summed E-state index contributed by atoms with van der Waals surface area (Å²) in [5.41, 5.74) is 0.857. The Morgan fingerprint density at radius 2 is 1.85 bits per heavy atom. The highest BCUT2D eigenvalue weighted by Crippen LogP contribution is 2.21. The number of rotatable bonds is 4. The molecule has 0 bridgehead atoms. The zero-order chi connectivity index (χ0) is 18.1. The molecule has 8 heteroatoms. The minimum absolute atomic E-state index is 0.0642. The van der Waals surface area contributed by atoms with E-state index in [4.69, 9.17) is 0 Å². The van der Waals surface area contributed by atoms with Gasteiger partial charge in [0.15, 0.2) is 0 Å². The average Bonchev–Trinajstić information content (AvgIpc) is 3.00. The van der Waals surface area contributed by atoms with Crippen molar-refractivity contribution in [3.05, 3.63) is 78.0 Å². The Balaban J connectivity index is 1.67. The lowest BCUT2D eigenvalue weighted by atomic mass is 10.2. The second kappa shape index (κ2) is 6.47. The van der Waals surface area contributed by atoms with Crippen molar-refractivity contribution in [1.29, 1.82) is 0 Å². The lowest BCUT2D eigenvalue weighted by molar-refractivity contribution is 0.570. The van der Waals surface area contributed by atoms with Gasteiger partial charge in [-0.25, -0.2) is 18.7 Å². The Bertz CT molecular complexity index is 1090. The molecular formula is C18H12F3N5. The van der Waals surface area contributed by atoms with Gasteiger partial charge in [0.2, 0.25) is 5.95 Å². The second-order valence-corrected chi connectivity index (χ2v) is 5.64. The van der Waals surface area contributed by atoms with Gasteiger partial charge in [0.05, 0.1) is 18.3 Å². The van der Waals surface area contributed by atoms with Crippen molar-refractivity contribution in [1.82, 2.24) is 19.7 Å². The van der Waals surface area contributed by atoms with E-state index in [1.165, 1.54) is 12.1 Å². The summed E-state index contributed by atoms with van der Waals surface area (Å²) in [4.78, 5) is 7.94. The molecule has 0 aliphatic rings. The van der Waals surface area contributed by atoms with Crippen molar-refractivity contribution in [2.45, 2.75) is 6.54 Å². The van der Waals surface area contributed by atoms with Crippen LogP contribution >= 0.6 is 0 Å². The summed E-state index contributed by atoms with van der Waals surface area (Å²) >= 11 is 0. The molecule has 26 heavy (non-hydrogen) atoms. The highest BCUT2D eigenvalue weighted by Gasteiger charge is 2.10. The molecule has 4 aromatic rings. The summed E-state index contributed by atoms with van der Waals surface area (Å²) in [5.74, 6) is -0.899. The van der Waals surface area contributed by atoms with Gasteiger partial charge < -0.3 is 5.32 Å². The first-order valence-corrected chi connectivity index (χ1v) is 7.73.